The zero-order valence-electron chi connectivity index (χ0n) is 11.0. The third kappa shape index (κ3) is 1.97. The molecule has 0 aliphatic heterocycles. The van der Waals surface area contributed by atoms with Crippen molar-refractivity contribution in [3.63, 3.8) is 0 Å². The highest BCUT2D eigenvalue weighted by atomic mass is 15.3. The van der Waals surface area contributed by atoms with Gasteiger partial charge in [-0.3, -0.25) is 0 Å². The number of hydrogen-bond acceptors (Lipinski definition) is 4. The summed E-state index contributed by atoms with van der Waals surface area (Å²) in [6, 6.07) is 12.1. The number of nitrogens with zero attached hydrogens (tertiary/aromatic N) is 4. The number of nitrogens with one attached hydrogen (secondary N) is 1. The van der Waals surface area contributed by atoms with E-state index in [4.69, 9.17) is 5.26 Å². The number of fused-ring (bicyclic) bond motifs is 1. The van der Waals surface area contributed by atoms with Crippen LogP contribution in [0.4, 0.5) is 5.69 Å². The van der Waals surface area contributed by atoms with Crippen LogP contribution in [0.3, 0.4) is 0 Å². The van der Waals surface area contributed by atoms with Crippen LogP contribution in [0.1, 0.15) is 12.5 Å². The van der Waals surface area contributed by atoms with Gasteiger partial charge in [0.1, 0.15) is 11.6 Å². The first-order valence-corrected chi connectivity index (χ1v) is 6.40. The van der Waals surface area contributed by atoms with E-state index in [-0.39, 0.29) is 0 Å². The van der Waals surface area contributed by atoms with E-state index in [1.807, 2.05) is 24.3 Å². The highest BCUT2D eigenvalue weighted by Gasteiger charge is 2.09. The molecule has 1 N–H and O–H groups in total. The first-order chi connectivity index (χ1) is 9.83. The zero-order chi connectivity index (χ0) is 13.9. The van der Waals surface area contributed by atoms with Gasteiger partial charge in [-0.1, -0.05) is 12.1 Å². The van der Waals surface area contributed by atoms with Crippen LogP contribution in [-0.4, -0.2) is 21.1 Å². The summed E-state index contributed by atoms with van der Waals surface area (Å²) >= 11 is 0. The molecule has 98 valence electrons. The maximum Gasteiger partial charge on any atom is 0.173 e. The molecular weight excluding hydrogens is 250 g/mol. The lowest BCUT2D eigenvalue weighted by molar-refractivity contribution is 0.948. The molecule has 5 nitrogen and oxygen atoms in total. The van der Waals surface area contributed by atoms with Gasteiger partial charge in [-0.2, -0.15) is 10.4 Å². The summed E-state index contributed by atoms with van der Waals surface area (Å²) in [4.78, 5) is 4.22. The van der Waals surface area contributed by atoms with Gasteiger partial charge in [0.15, 0.2) is 5.65 Å². The van der Waals surface area contributed by atoms with Crippen molar-refractivity contribution in [1.82, 2.24) is 14.6 Å². The van der Waals surface area contributed by atoms with Gasteiger partial charge in [-0.25, -0.2) is 9.50 Å². The quantitative estimate of drug-likeness (QED) is 0.789. The minimum Gasteiger partial charge on any atom is -0.385 e. The summed E-state index contributed by atoms with van der Waals surface area (Å²) in [6.45, 7) is 2.93. The number of benzene rings is 1. The zero-order valence-corrected chi connectivity index (χ0v) is 11.0. The molecule has 20 heavy (non-hydrogen) atoms. The Morgan fingerprint density at radius 1 is 1.35 bits per heavy atom. The van der Waals surface area contributed by atoms with Gasteiger partial charge in [0.25, 0.3) is 0 Å². The highest BCUT2D eigenvalue weighted by molar-refractivity contribution is 5.68. The summed E-state index contributed by atoms with van der Waals surface area (Å²) in [6.07, 6.45) is 3.24. The van der Waals surface area contributed by atoms with E-state index in [0.29, 0.717) is 11.2 Å². The topological polar surface area (TPSA) is 66.0 Å². The number of hydrogen-bond donors (Lipinski definition) is 1. The average molecular weight is 263 g/mol. The fraction of sp³-hybridized carbons (Fsp3) is 0.133. The molecule has 2 heterocycles. The Balaban J connectivity index is 2.17. The van der Waals surface area contributed by atoms with E-state index in [1.54, 1.807) is 16.9 Å². The Morgan fingerprint density at radius 3 is 3.05 bits per heavy atom. The number of nitriles is 1. The molecule has 0 unspecified atom stereocenters. The number of rotatable bonds is 3. The molecule has 0 atom stereocenters. The predicted molar refractivity (Wildman–Crippen MR) is 77.3 cm³/mol. The lowest BCUT2D eigenvalue weighted by Gasteiger charge is -2.08. The van der Waals surface area contributed by atoms with E-state index in [0.717, 1.165) is 23.5 Å². The second kappa shape index (κ2) is 5.02. The number of anilines is 1. The summed E-state index contributed by atoms with van der Waals surface area (Å²) < 4.78 is 1.70. The molecule has 0 spiro atoms. The van der Waals surface area contributed by atoms with Crippen LogP contribution in [0.5, 0.6) is 0 Å². The van der Waals surface area contributed by atoms with Crippen molar-refractivity contribution in [2.75, 3.05) is 11.9 Å². The van der Waals surface area contributed by atoms with Crippen LogP contribution in [0.25, 0.3) is 16.9 Å². The van der Waals surface area contributed by atoms with Crippen molar-refractivity contribution in [2.24, 2.45) is 0 Å². The van der Waals surface area contributed by atoms with Gasteiger partial charge in [-0.05, 0) is 25.1 Å². The molecule has 0 amide bonds. The molecule has 0 saturated heterocycles. The van der Waals surface area contributed by atoms with Crippen LogP contribution in [0.2, 0.25) is 0 Å². The van der Waals surface area contributed by atoms with Crippen LogP contribution in [0, 0.1) is 11.3 Å². The Bertz CT molecular complexity index is 797. The minimum atomic E-state index is 0.481. The minimum absolute atomic E-state index is 0.481. The third-order valence-electron chi connectivity index (χ3n) is 3.06. The Morgan fingerprint density at radius 2 is 2.25 bits per heavy atom. The van der Waals surface area contributed by atoms with Gasteiger partial charge in [0.05, 0.1) is 11.9 Å². The average Bonchev–Trinajstić information content (AvgIpc) is 2.91. The molecule has 0 fully saturated rings. The summed E-state index contributed by atoms with van der Waals surface area (Å²) in [7, 11) is 0. The molecule has 0 radical (unpaired) electrons. The Labute approximate surface area is 116 Å². The van der Waals surface area contributed by atoms with Crippen LogP contribution < -0.4 is 5.32 Å². The van der Waals surface area contributed by atoms with E-state index in [9.17, 15) is 0 Å². The van der Waals surface area contributed by atoms with Gasteiger partial charge in [0.2, 0.25) is 0 Å². The maximum absolute atomic E-state index is 9.05. The van der Waals surface area contributed by atoms with E-state index in [2.05, 4.69) is 34.5 Å². The lowest BCUT2D eigenvalue weighted by Crippen LogP contribution is -1.98. The smallest absolute Gasteiger partial charge is 0.173 e. The second-order valence-electron chi connectivity index (χ2n) is 4.35. The maximum atomic E-state index is 9.05. The summed E-state index contributed by atoms with van der Waals surface area (Å²) in [5, 5.41) is 16.6. The fourth-order valence-electron chi connectivity index (χ4n) is 2.18. The molecule has 3 aromatic rings. The van der Waals surface area contributed by atoms with Crippen molar-refractivity contribution in [2.45, 2.75) is 6.92 Å². The van der Waals surface area contributed by atoms with Crippen molar-refractivity contribution in [3.8, 4) is 17.3 Å². The largest absolute Gasteiger partial charge is 0.385 e. The molecule has 5 heteroatoms. The first kappa shape index (κ1) is 12.2. The third-order valence-corrected chi connectivity index (χ3v) is 3.06. The highest BCUT2D eigenvalue weighted by Crippen LogP contribution is 2.23. The molecule has 0 bridgehead atoms. The van der Waals surface area contributed by atoms with Crippen molar-refractivity contribution in [1.29, 1.82) is 5.26 Å². The number of aromatic nitrogens is 3. The predicted octanol–water partition coefficient (Wildman–Crippen LogP) is 2.70. The Kier molecular flexibility index (Phi) is 3.05. The van der Waals surface area contributed by atoms with Crippen molar-refractivity contribution >= 4 is 11.3 Å². The molecule has 0 saturated carbocycles. The summed E-state index contributed by atoms with van der Waals surface area (Å²) in [5.41, 5.74) is 4.07. The standard InChI is InChI=1S/C15H13N5/c1-2-17-13-5-3-4-11(8-13)14-6-7-18-15-12(9-16)10-19-20(14)15/h3-8,10,17H,2H2,1H3. The molecule has 3 rings (SSSR count). The Hall–Kier alpha value is -2.87. The van der Waals surface area contributed by atoms with Crippen LogP contribution >= 0.6 is 0 Å². The molecule has 2 aromatic heterocycles. The van der Waals surface area contributed by atoms with E-state index < -0.39 is 0 Å². The van der Waals surface area contributed by atoms with Crippen LogP contribution in [-0.2, 0) is 0 Å². The summed E-state index contributed by atoms with van der Waals surface area (Å²) in [5.74, 6) is 0. The molecular formula is C15H13N5. The van der Waals surface area contributed by atoms with Gasteiger partial charge in [-0.15, -0.1) is 0 Å². The van der Waals surface area contributed by atoms with Gasteiger partial charge in [0, 0.05) is 24.0 Å². The van der Waals surface area contributed by atoms with Crippen molar-refractivity contribution in [3.05, 3.63) is 48.3 Å². The van der Waals surface area contributed by atoms with Crippen LogP contribution in [0.15, 0.2) is 42.7 Å². The lowest BCUT2D eigenvalue weighted by atomic mass is 10.1. The molecule has 1 aromatic carbocycles. The fourth-order valence-corrected chi connectivity index (χ4v) is 2.18. The molecule has 0 aliphatic carbocycles. The van der Waals surface area contributed by atoms with Gasteiger partial charge >= 0.3 is 0 Å². The van der Waals surface area contributed by atoms with Crippen molar-refractivity contribution < 1.29 is 0 Å². The normalized spacial score (nSPS) is 10.4. The first-order valence-electron chi connectivity index (χ1n) is 6.40. The van der Waals surface area contributed by atoms with E-state index in [1.165, 1.54) is 0 Å². The molecule has 0 aliphatic rings. The second-order valence-corrected chi connectivity index (χ2v) is 4.35. The monoisotopic (exact) mass is 263 g/mol. The van der Waals surface area contributed by atoms with Gasteiger partial charge < -0.3 is 5.32 Å². The SMILES string of the molecule is CCNc1cccc(-c2ccnc3c(C#N)cnn23)c1. The van der Waals surface area contributed by atoms with E-state index >= 15 is 0 Å².